The molecular weight excluding hydrogens is 313 g/mol. The van der Waals surface area contributed by atoms with Crippen LogP contribution in [0.4, 0.5) is 5.69 Å². The van der Waals surface area contributed by atoms with Gasteiger partial charge in [-0.2, -0.15) is 12.6 Å². The minimum Gasteiger partial charge on any atom is -0.478 e. The van der Waals surface area contributed by atoms with Gasteiger partial charge in [0.2, 0.25) is 0 Å². The van der Waals surface area contributed by atoms with Crippen LogP contribution in [0.5, 0.6) is 0 Å². The minimum atomic E-state index is -1.02. The fourth-order valence-corrected chi connectivity index (χ4v) is 2.52. The molecule has 0 radical (unpaired) electrons. The molecule has 1 aromatic carbocycles. The number of carboxylic acids is 1. The first kappa shape index (κ1) is 17.9. The third-order valence-electron chi connectivity index (χ3n) is 4.32. The third-order valence-corrected chi connectivity index (χ3v) is 4.68. The second-order valence-electron chi connectivity index (χ2n) is 6.66. The van der Waals surface area contributed by atoms with Crippen LogP contribution in [0.15, 0.2) is 23.7 Å². The van der Waals surface area contributed by atoms with E-state index in [-0.39, 0.29) is 5.56 Å². The van der Waals surface area contributed by atoms with Crippen molar-refractivity contribution in [2.24, 2.45) is 0 Å². The van der Waals surface area contributed by atoms with Crippen LogP contribution in [-0.2, 0) is 9.31 Å². The predicted molar refractivity (Wildman–Crippen MR) is 95.7 cm³/mol. The van der Waals surface area contributed by atoms with Crippen LogP contribution >= 0.6 is 12.6 Å². The van der Waals surface area contributed by atoms with Crippen molar-refractivity contribution in [3.05, 3.63) is 34.8 Å². The number of hydrogen-bond acceptors (Lipinski definition) is 5. The number of carbonyl (C=O) groups is 1. The molecule has 1 aromatic rings. The molecular formula is C16H22BNO4S. The Morgan fingerprint density at radius 3 is 2.30 bits per heavy atom. The molecule has 2 rings (SSSR count). The van der Waals surface area contributed by atoms with Crippen LogP contribution < -0.4 is 5.73 Å². The SMILES string of the molecule is CC1(C)OB(C(=Cc2cc(N)cc(C(=O)O)c2)CS)OC1(C)C. The van der Waals surface area contributed by atoms with Crippen LogP contribution in [0.2, 0.25) is 0 Å². The second kappa shape index (κ2) is 6.22. The molecule has 0 bridgehead atoms. The number of nitrogen functional groups attached to an aromatic ring is 1. The first-order valence-corrected chi connectivity index (χ1v) is 8.00. The molecule has 5 nitrogen and oxygen atoms in total. The van der Waals surface area contributed by atoms with Crippen molar-refractivity contribution >= 4 is 37.5 Å². The number of benzene rings is 1. The lowest BCUT2D eigenvalue weighted by Gasteiger charge is -2.32. The molecule has 3 N–H and O–H groups in total. The van der Waals surface area contributed by atoms with Crippen molar-refractivity contribution in [2.75, 3.05) is 11.5 Å². The zero-order chi connectivity index (χ0) is 17.4. The van der Waals surface area contributed by atoms with Gasteiger partial charge in [-0.25, -0.2) is 4.79 Å². The number of nitrogens with two attached hydrogens (primary N) is 1. The van der Waals surface area contributed by atoms with Gasteiger partial charge < -0.3 is 20.1 Å². The van der Waals surface area contributed by atoms with Crippen molar-refractivity contribution in [3.63, 3.8) is 0 Å². The van der Waals surface area contributed by atoms with Gasteiger partial charge in [-0.1, -0.05) is 6.08 Å². The van der Waals surface area contributed by atoms with Crippen LogP contribution in [0.3, 0.4) is 0 Å². The van der Waals surface area contributed by atoms with Crippen molar-refractivity contribution < 1.29 is 19.2 Å². The number of hydrogen-bond donors (Lipinski definition) is 3. The van der Waals surface area contributed by atoms with Gasteiger partial charge in [0.25, 0.3) is 0 Å². The Labute approximate surface area is 142 Å². The van der Waals surface area contributed by atoms with E-state index in [0.29, 0.717) is 17.0 Å². The van der Waals surface area contributed by atoms with Crippen molar-refractivity contribution in [2.45, 2.75) is 38.9 Å². The number of thiol groups is 1. The number of rotatable bonds is 4. The molecule has 0 atom stereocenters. The predicted octanol–water partition coefficient (Wildman–Crippen LogP) is 2.91. The van der Waals surface area contributed by atoms with Crippen LogP contribution in [0.25, 0.3) is 6.08 Å². The van der Waals surface area contributed by atoms with E-state index in [0.717, 1.165) is 5.47 Å². The summed E-state index contributed by atoms with van der Waals surface area (Å²) in [5.41, 5.74) is 6.92. The van der Waals surface area contributed by atoms with Crippen LogP contribution in [-0.4, -0.2) is 35.1 Å². The zero-order valence-corrected chi connectivity index (χ0v) is 14.7. The molecule has 124 valence electrons. The smallest absolute Gasteiger partial charge is 0.478 e. The molecule has 1 aliphatic heterocycles. The van der Waals surface area contributed by atoms with E-state index < -0.39 is 24.3 Å². The van der Waals surface area contributed by atoms with Crippen LogP contribution in [0.1, 0.15) is 43.6 Å². The zero-order valence-electron chi connectivity index (χ0n) is 13.8. The van der Waals surface area contributed by atoms with Gasteiger partial charge in [0.1, 0.15) is 0 Å². The fourth-order valence-electron chi connectivity index (χ4n) is 2.28. The van der Waals surface area contributed by atoms with Gasteiger partial charge >= 0.3 is 13.1 Å². The Kier molecular flexibility index (Phi) is 4.85. The van der Waals surface area contributed by atoms with E-state index in [4.69, 9.17) is 20.1 Å². The summed E-state index contributed by atoms with van der Waals surface area (Å²) in [5, 5.41) is 9.13. The topological polar surface area (TPSA) is 81.8 Å². The number of aromatic carboxylic acids is 1. The molecule has 7 heteroatoms. The van der Waals surface area contributed by atoms with Gasteiger partial charge in [-0.3, -0.25) is 0 Å². The van der Waals surface area contributed by atoms with E-state index in [2.05, 4.69) is 12.6 Å². The van der Waals surface area contributed by atoms with Gasteiger partial charge in [-0.05, 0) is 56.9 Å². The molecule has 0 spiro atoms. The van der Waals surface area contributed by atoms with Crippen molar-refractivity contribution in [3.8, 4) is 0 Å². The van der Waals surface area contributed by atoms with E-state index in [1.165, 1.54) is 6.07 Å². The van der Waals surface area contributed by atoms with Gasteiger partial charge in [0.15, 0.2) is 0 Å². The quantitative estimate of drug-likeness (QED) is 0.448. The summed E-state index contributed by atoms with van der Waals surface area (Å²) in [6.45, 7) is 7.91. The fraction of sp³-hybridized carbons (Fsp3) is 0.438. The molecule has 1 aliphatic rings. The lowest BCUT2D eigenvalue weighted by Crippen LogP contribution is -2.41. The largest absolute Gasteiger partial charge is 0.491 e. The Morgan fingerprint density at radius 2 is 1.83 bits per heavy atom. The second-order valence-corrected chi connectivity index (χ2v) is 6.98. The molecule has 1 heterocycles. The maximum atomic E-state index is 11.1. The Balaban J connectivity index is 2.35. The van der Waals surface area contributed by atoms with Gasteiger partial charge in [0.05, 0.1) is 16.8 Å². The van der Waals surface area contributed by atoms with E-state index in [1.807, 2.05) is 33.8 Å². The summed E-state index contributed by atoms with van der Waals surface area (Å²) in [6, 6.07) is 4.70. The van der Waals surface area contributed by atoms with Crippen molar-refractivity contribution in [1.29, 1.82) is 0 Å². The minimum absolute atomic E-state index is 0.142. The standard InChI is InChI=1S/C16H22BNO4S/c1-15(2)16(3,4)22-17(21-15)12(9-23)6-10-5-11(14(19)20)8-13(18)7-10/h5-8,23H,9,18H2,1-4H3,(H,19,20). The Bertz CT molecular complexity index is 641. The average molecular weight is 335 g/mol. The molecule has 0 saturated carbocycles. The summed E-state index contributed by atoms with van der Waals surface area (Å²) in [7, 11) is -0.521. The van der Waals surface area contributed by atoms with Gasteiger partial charge in [-0.15, -0.1) is 0 Å². The highest BCUT2D eigenvalue weighted by Crippen LogP contribution is 2.39. The van der Waals surface area contributed by atoms with Crippen molar-refractivity contribution in [1.82, 2.24) is 0 Å². The lowest BCUT2D eigenvalue weighted by molar-refractivity contribution is 0.00578. The first-order valence-electron chi connectivity index (χ1n) is 7.36. The normalized spacial score (nSPS) is 19.9. The molecule has 1 fully saturated rings. The summed E-state index contributed by atoms with van der Waals surface area (Å²) >= 11 is 4.35. The maximum absolute atomic E-state index is 11.1. The first-order chi connectivity index (χ1) is 10.6. The van der Waals surface area contributed by atoms with E-state index in [9.17, 15) is 4.79 Å². The highest BCUT2D eigenvalue weighted by atomic mass is 32.1. The number of anilines is 1. The van der Waals surface area contributed by atoms with E-state index >= 15 is 0 Å². The highest BCUT2D eigenvalue weighted by Gasteiger charge is 2.52. The average Bonchev–Trinajstić information content (AvgIpc) is 2.64. The third kappa shape index (κ3) is 3.73. The Hall–Kier alpha value is -1.44. The summed E-state index contributed by atoms with van der Waals surface area (Å²) in [6.07, 6.45) is 1.82. The molecule has 0 aromatic heterocycles. The molecule has 0 unspecified atom stereocenters. The number of carboxylic acid groups (broad SMARTS) is 1. The monoisotopic (exact) mass is 335 g/mol. The highest BCUT2D eigenvalue weighted by molar-refractivity contribution is 7.80. The van der Waals surface area contributed by atoms with Crippen LogP contribution in [0, 0.1) is 0 Å². The molecule has 23 heavy (non-hydrogen) atoms. The Morgan fingerprint density at radius 1 is 1.26 bits per heavy atom. The maximum Gasteiger partial charge on any atom is 0.491 e. The molecule has 0 aliphatic carbocycles. The summed E-state index contributed by atoms with van der Waals surface area (Å²) in [5.74, 6) is -0.594. The van der Waals surface area contributed by atoms with Gasteiger partial charge in [0, 0.05) is 11.4 Å². The summed E-state index contributed by atoms with van der Waals surface area (Å²) in [4.78, 5) is 11.1. The molecule has 1 saturated heterocycles. The van der Waals surface area contributed by atoms with E-state index in [1.54, 1.807) is 12.1 Å². The molecule has 0 amide bonds. The summed E-state index contributed by atoms with van der Waals surface area (Å²) < 4.78 is 12.0. The lowest BCUT2D eigenvalue weighted by atomic mass is 9.78.